The summed E-state index contributed by atoms with van der Waals surface area (Å²) in [5, 5.41) is 8.71. The van der Waals surface area contributed by atoms with Crippen LogP contribution in [0.3, 0.4) is 0 Å². The SMILES string of the molecule is C=Cc1ccccc1C=C(C)C(=O)O. The second kappa shape index (κ2) is 4.42. The van der Waals surface area contributed by atoms with E-state index in [1.54, 1.807) is 19.1 Å². The summed E-state index contributed by atoms with van der Waals surface area (Å²) in [5.41, 5.74) is 2.13. The molecule has 1 rings (SSSR count). The highest BCUT2D eigenvalue weighted by atomic mass is 16.4. The summed E-state index contributed by atoms with van der Waals surface area (Å²) in [6.45, 7) is 5.24. The van der Waals surface area contributed by atoms with E-state index in [1.807, 2.05) is 24.3 Å². The Morgan fingerprint density at radius 1 is 1.36 bits per heavy atom. The second-order valence-electron chi connectivity index (χ2n) is 2.97. The predicted molar refractivity (Wildman–Crippen MR) is 57.8 cm³/mol. The molecule has 0 saturated heterocycles. The zero-order chi connectivity index (χ0) is 10.6. The maximum Gasteiger partial charge on any atom is 0.331 e. The summed E-state index contributed by atoms with van der Waals surface area (Å²) in [6, 6.07) is 7.52. The van der Waals surface area contributed by atoms with E-state index in [-0.39, 0.29) is 0 Å². The first kappa shape index (κ1) is 10.3. The Hall–Kier alpha value is -1.83. The van der Waals surface area contributed by atoms with Crippen molar-refractivity contribution < 1.29 is 9.90 Å². The van der Waals surface area contributed by atoms with Crippen molar-refractivity contribution in [3.05, 3.63) is 47.5 Å². The van der Waals surface area contributed by atoms with Crippen LogP contribution in [0.1, 0.15) is 18.1 Å². The number of carboxylic acids is 1. The minimum atomic E-state index is -0.899. The zero-order valence-corrected chi connectivity index (χ0v) is 8.03. The lowest BCUT2D eigenvalue weighted by molar-refractivity contribution is -0.132. The molecule has 0 aromatic heterocycles. The van der Waals surface area contributed by atoms with Gasteiger partial charge in [0.2, 0.25) is 0 Å². The van der Waals surface area contributed by atoms with Crippen molar-refractivity contribution in [2.45, 2.75) is 6.92 Å². The number of hydrogen-bond donors (Lipinski definition) is 1. The predicted octanol–water partition coefficient (Wildman–Crippen LogP) is 2.82. The molecule has 72 valence electrons. The molecule has 0 bridgehead atoms. The standard InChI is InChI=1S/C12H12O2/c1-3-10-6-4-5-7-11(10)8-9(2)12(13)14/h3-8H,1H2,2H3,(H,13,14). The van der Waals surface area contributed by atoms with E-state index in [9.17, 15) is 4.79 Å². The maximum atomic E-state index is 10.6. The minimum Gasteiger partial charge on any atom is -0.478 e. The molecule has 1 N–H and O–H groups in total. The van der Waals surface area contributed by atoms with E-state index in [2.05, 4.69) is 6.58 Å². The summed E-state index contributed by atoms with van der Waals surface area (Å²) in [4.78, 5) is 10.6. The number of benzene rings is 1. The van der Waals surface area contributed by atoms with Crippen LogP contribution in [0.25, 0.3) is 12.2 Å². The molecule has 0 spiro atoms. The molecule has 1 aromatic carbocycles. The molecular weight excluding hydrogens is 176 g/mol. The molecule has 14 heavy (non-hydrogen) atoms. The molecular formula is C12H12O2. The quantitative estimate of drug-likeness (QED) is 0.740. The van der Waals surface area contributed by atoms with Crippen LogP contribution < -0.4 is 0 Å². The summed E-state index contributed by atoms with van der Waals surface area (Å²) >= 11 is 0. The number of hydrogen-bond acceptors (Lipinski definition) is 1. The lowest BCUT2D eigenvalue weighted by Crippen LogP contribution is -1.95. The first-order chi connectivity index (χ1) is 6.65. The average molecular weight is 188 g/mol. The van der Waals surface area contributed by atoms with Gasteiger partial charge in [0.1, 0.15) is 0 Å². The molecule has 1 aromatic rings. The Morgan fingerprint density at radius 2 is 1.93 bits per heavy atom. The molecule has 0 radical (unpaired) electrons. The van der Waals surface area contributed by atoms with E-state index >= 15 is 0 Å². The molecule has 0 amide bonds. The molecule has 2 nitrogen and oxygen atoms in total. The molecule has 0 unspecified atom stereocenters. The summed E-state index contributed by atoms with van der Waals surface area (Å²) in [7, 11) is 0. The van der Waals surface area contributed by atoms with Gasteiger partial charge in [0.25, 0.3) is 0 Å². The van der Waals surface area contributed by atoms with Crippen LogP contribution in [-0.4, -0.2) is 11.1 Å². The van der Waals surface area contributed by atoms with Crippen LogP contribution in [0.4, 0.5) is 0 Å². The van der Waals surface area contributed by atoms with Crippen molar-refractivity contribution >= 4 is 18.1 Å². The van der Waals surface area contributed by atoms with E-state index in [1.165, 1.54) is 0 Å². The monoisotopic (exact) mass is 188 g/mol. The summed E-state index contributed by atoms with van der Waals surface area (Å²) in [6.07, 6.45) is 3.35. The molecule has 2 heteroatoms. The minimum absolute atomic E-state index is 0.319. The van der Waals surface area contributed by atoms with E-state index in [4.69, 9.17) is 5.11 Å². The van der Waals surface area contributed by atoms with Gasteiger partial charge in [0, 0.05) is 5.57 Å². The summed E-state index contributed by atoms with van der Waals surface area (Å²) in [5.74, 6) is -0.899. The number of carboxylic acid groups (broad SMARTS) is 1. The van der Waals surface area contributed by atoms with Gasteiger partial charge in [-0.15, -0.1) is 0 Å². The summed E-state index contributed by atoms with van der Waals surface area (Å²) < 4.78 is 0. The lowest BCUT2D eigenvalue weighted by Gasteiger charge is -2.00. The van der Waals surface area contributed by atoms with Crippen molar-refractivity contribution in [1.82, 2.24) is 0 Å². The van der Waals surface area contributed by atoms with Gasteiger partial charge in [-0.1, -0.05) is 36.9 Å². The second-order valence-corrected chi connectivity index (χ2v) is 2.97. The number of carbonyl (C=O) groups is 1. The Balaban J connectivity index is 3.13. The van der Waals surface area contributed by atoms with Crippen LogP contribution in [0, 0.1) is 0 Å². The Kier molecular flexibility index (Phi) is 3.24. The van der Waals surface area contributed by atoms with Gasteiger partial charge in [-0.25, -0.2) is 4.79 Å². The van der Waals surface area contributed by atoms with Crippen LogP contribution in [0.15, 0.2) is 36.4 Å². The van der Waals surface area contributed by atoms with E-state index in [0.717, 1.165) is 11.1 Å². The van der Waals surface area contributed by atoms with Crippen LogP contribution in [0.5, 0.6) is 0 Å². The van der Waals surface area contributed by atoms with Crippen LogP contribution in [0.2, 0.25) is 0 Å². The normalized spacial score (nSPS) is 11.1. The number of rotatable bonds is 3. The van der Waals surface area contributed by atoms with Crippen molar-refractivity contribution in [2.24, 2.45) is 0 Å². The highest BCUT2D eigenvalue weighted by Gasteiger charge is 2.01. The van der Waals surface area contributed by atoms with Gasteiger partial charge >= 0.3 is 5.97 Å². The highest BCUT2D eigenvalue weighted by Crippen LogP contribution is 2.13. The van der Waals surface area contributed by atoms with Gasteiger partial charge < -0.3 is 5.11 Å². The molecule has 0 heterocycles. The Bertz CT molecular complexity index is 389. The fraction of sp³-hybridized carbons (Fsp3) is 0.0833. The Morgan fingerprint density at radius 3 is 2.43 bits per heavy atom. The first-order valence-electron chi connectivity index (χ1n) is 4.28. The third-order valence-electron chi connectivity index (χ3n) is 1.93. The molecule has 0 fully saturated rings. The van der Waals surface area contributed by atoms with Crippen molar-refractivity contribution in [3.63, 3.8) is 0 Å². The largest absolute Gasteiger partial charge is 0.478 e. The average Bonchev–Trinajstić information content (AvgIpc) is 2.18. The molecule has 0 aliphatic carbocycles. The zero-order valence-electron chi connectivity index (χ0n) is 8.03. The molecule has 0 saturated carbocycles. The third-order valence-corrected chi connectivity index (χ3v) is 1.93. The highest BCUT2D eigenvalue weighted by molar-refractivity contribution is 5.92. The molecule has 0 aliphatic rings. The first-order valence-corrected chi connectivity index (χ1v) is 4.28. The third kappa shape index (κ3) is 2.33. The smallest absolute Gasteiger partial charge is 0.331 e. The van der Waals surface area contributed by atoms with Gasteiger partial charge in [-0.2, -0.15) is 0 Å². The van der Waals surface area contributed by atoms with Gasteiger partial charge in [0.15, 0.2) is 0 Å². The van der Waals surface area contributed by atoms with Crippen LogP contribution in [-0.2, 0) is 4.79 Å². The van der Waals surface area contributed by atoms with Crippen molar-refractivity contribution in [1.29, 1.82) is 0 Å². The lowest BCUT2D eigenvalue weighted by atomic mass is 10.1. The maximum absolute atomic E-state index is 10.6. The Labute approximate surface area is 83.2 Å². The number of aliphatic carboxylic acids is 1. The van der Waals surface area contributed by atoms with Crippen LogP contribution >= 0.6 is 0 Å². The van der Waals surface area contributed by atoms with Gasteiger partial charge in [0.05, 0.1) is 0 Å². The van der Waals surface area contributed by atoms with E-state index < -0.39 is 5.97 Å². The van der Waals surface area contributed by atoms with Gasteiger partial charge in [-0.05, 0) is 24.1 Å². The fourth-order valence-electron chi connectivity index (χ4n) is 1.12. The van der Waals surface area contributed by atoms with Crippen molar-refractivity contribution in [3.8, 4) is 0 Å². The topological polar surface area (TPSA) is 37.3 Å². The molecule has 0 atom stereocenters. The molecule has 0 aliphatic heterocycles. The fourth-order valence-corrected chi connectivity index (χ4v) is 1.12. The van der Waals surface area contributed by atoms with E-state index in [0.29, 0.717) is 5.57 Å². The van der Waals surface area contributed by atoms with Gasteiger partial charge in [-0.3, -0.25) is 0 Å². The van der Waals surface area contributed by atoms with Crippen molar-refractivity contribution in [2.75, 3.05) is 0 Å².